The van der Waals surface area contributed by atoms with Gasteiger partial charge < -0.3 is 0 Å². The molecular formula is C16H14N8O2S2. The smallest absolute Gasteiger partial charge is 0.265 e. The van der Waals surface area contributed by atoms with E-state index >= 15 is 0 Å². The van der Waals surface area contributed by atoms with Gasteiger partial charge in [-0.3, -0.25) is 19.8 Å². The number of hydrogen-bond acceptors (Lipinski definition) is 8. The highest BCUT2D eigenvalue weighted by atomic mass is 32.1. The van der Waals surface area contributed by atoms with Crippen molar-refractivity contribution in [2.45, 2.75) is 13.8 Å². The van der Waals surface area contributed by atoms with Crippen LogP contribution in [0.1, 0.15) is 22.5 Å². The van der Waals surface area contributed by atoms with Crippen LogP contribution in [0, 0.1) is 23.4 Å². The van der Waals surface area contributed by atoms with Gasteiger partial charge in [-0.15, -0.1) is 0 Å². The van der Waals surface area contributed by atoms with Gasteiger partial charge in [0.2, 0.25) is 9.54 Å². The number of H-pyrrole nitrogens is 2. The standard InChI is InChI=1S/C16H14N8O2S2/c1-9-13(25)23(15(27)21-19-9)17-7-11-4-3-5-12(6-11)8-18-24-14(26)10(2)20-22-16(24)28/h3-8H,1-2H3,(H,21,27)(H,22,28)/b17-7+,18-8+. The van der Waals surface area contributed by atoms with E-state index in [1.54, 1.807) is 38.1 Å². The fourth-order valence-corrected chi connectivity index (χ4v) is 2.47. The second kappa shape index (κ2) is 8.10. The van der Waals surface area contributed by atoms with E-state index in [0.29, 0.717) is 11.1 Å². The number of rotatable bonds is 4. The predicted molar refractivity (Wildman–Crippen MR) is 109 cm³/mol. The molecule has 2 N–H and O–H groups in total. The van der Waals surface area contributed by atoms with Crippen LogP contribution in [0.25, 0.3) is 0 Å². The van der Waals surface area contributed by atoms with Crippen molar-refractivity contribution < 1.29 is 0 Å². The molecule has 2 heterocycles. The van der Waals surface area contributed by atoms with Crippen LogP contribution < -0.4 is 11.1 Å². The molecule has 28 heavy (non-hydrogen) atoms. The summed E-state index contributed by atoms with van der Waals surface area (Å²) in [7, 11) is 0. The second-order valence-corrected chi connectivity index (χ2v) is 6.39. The molecule has 0 atom stereocenters. The highest BCUT2D eigenvalue weighted by Gasteiger charge is 2.02. The fraction of sp³-hybridized carbons (Fsp3) is 0.125. The molecule has 2 aromatic heterocycles. The van der Waals surface area contributed by atoms with E-state index in [4.69, 9.17) is 24.4 Å². The van der Waals surface area contributed by atoms with Crippen LogP contribution >= 0.6 is 24.4 Å². The maximum Gasteiger partial charge on any atom is 0.296 e. The van der Waals surface area contributed by atoms with Crippen LogP contribution in [0.3, 0.4) is 0 Å². The molecule has 0 spiro atoms. The molecule has 0 saturated heterocycles. The first kappa shape index (κ1) is 19.4. The molecule has 0 amide bonds. The van der Waals surface area contributed by atoms with Crippen molar-refractivity contribution in [3.05, 3.63) is 77.0 Å². The monoisotopic (exact) mass is 414 g/mol. The third kappa shape index (κ3) is 4.13. The summed E-state index contributed by atoms with van der Waals surface area (Å²) in [5.74, 6) is 0. The van der Waals surface area contributed by atoms with Crippen LogP contribution in [0.5, 0.6) is 0 Å². The number of nitrogens with zero attached hydrogens (tertiary/aromatic N) is 6. The van der Waals surface area contributed by atoms with Crippen LogP contribution in [0.15, 0.2) is 44.1 Å². The van der Waals surface area contributed by atoms with E-state index in [-0.39, 0.29) is 20.9 Å². The molecule has 1 aromatic carbocycles. The average molecular weight is 414 g/mol. The first-order chi connectivity index (χ1) is 13.4. The van der Waals surface area contributed by atoms with E-state index in [2.05, 4.69) is 30.6 Å². The maximum atomic E-state index is 12.1. The molecule has 0 bridgehead atoms. The molecule has 0 fully saturated rings. The summed E-state index contributed by atoms with van der Waals surface area (Å²) in [6.07, 6.45) is 2.97. The SMILES string of the molecule is Cc1n[nH]c(=S)n(/N=C/c2cccc(/C=N/n3c(=S)[nH]nc(C)c3=O)c2)c1=O. The van der Waals surface area contributed by atoms with Crippen molar-refractivity contribution in [1.82, 2.24) is 29.7 Å². The van der Waals surface area contributed by atoms with Crippen LogP contribution in [0.2, 0.25) is 0 Å². The summed E-state index contributed by atoms with van der Waals surface area (Å²) < 4.78 is 2.28. The molecule has 0 aliphatic heterocycles. The third-order valence-corrected chi connectivity index (χ3v) is 4.11. The van der Waals surface area contributed by atoms with Crippen molar-refractivity contribution in [1.29, 1.82) is 0 Å². The van der Waals surface area contributed by atoms with Gasteiger partial charge in [-0.2, -0.15) is 29.8 Å². The summed E-state index contributed by atoms with van der Waals surface area (Å²) >= 11 is 10.1. The Bertz CT molecular complexity index is 1230. The Labute approximate surface area is 167 Å². The lowest BCUT2D eigenvalue weighted by atomic mass is 10.1. The highest BCUT2D eigenvalue weighted by molar-refractivity contribution is 7.71. The molecule has 10 nitrogen and oxygen atoms in total. The normalized spacial score (nSPS) is 11.5. The van der Waals surface area contributed by atoms with Gasteiger partial charge in [0, 0.05) is 0 Å². The highest BCUT2D eigenvalue weighted by Crippen LogP contribution is 2.01. The van der Waals surface area contributed by atoms with Gasteiger partial charge in [-0.25, -0.2) is 0 Å². The molecule has 0 radical (unpaired) electrons. The first-order valence-corrected chi connectivity index (χ1v) is 8.74. The minimum Gasteiger partial charge on any atom is -0.265 e. The fourth-order valence-electron chi connectivity index (χ4n) is 2.12. The Morgan fingerprint density at radius 2 is 1.32 bits per heavy atom. The molecule has 3 rings (SSSR count). The van der Waals surface area contributed by atoms with Crippen molar-refractivity contribution in [3.8, 4) is 0 Å². The summed E-state index contributed by atoms with van der Waals surface area (Å²) in [4.78, 5) is 24.1. The lowest BCUT2D eigenvalue weighted by Gasteiger charge is -2.01. The molecule has 0 aliphatic rings. The topological polar surface area (TPSA) is 126 Å². The predicted octanol–water partition coefficient (Wildman–Crippen LogP) is 1.30. The van der Waals surface area contributed by atoms with Gasteiger partial charge in [-0.05, 0) is 55.5 Å². The van der Waals surface area contributed by atoms with Crippen molar-refractivity contribution in [2.75, 3.05) is 0 Å². The summed E-state index contributed by atoms with van der Waals surface area (Å²) in [6, 6.07) is 7.14. The zero-order valence-corrected chi connectivity index (χ0v) is 16.4. The first-order valence-electron chi connectivity index (χ1n) is 7.92. The van der Waals surface area contributed by atoms with Gasteiger partial charge in [0.25, 0.3) is 11.1 Å². The van der Waals surface area contributed by atoms with Crippen LogP contribution in [-0.4, -0.2) is 42.2 Å². The Balaban J connectivity index is 1.92. The second-order valence-electron chi connectivity index (χ2n) is 5.62. The molecule has 0 saturated carbocycles. The molecule has 12 heteroatoms. The summed E-state index contributed by atoms with van der Waals surface area (Å²) in [6.45, 7) is 3.12. The van der Waals surface area contributed by atoms with Gasteiger partial charge in [-0.1, -0.05) is 18.2 Å². The number of aromatic amines is 2. The van der Waals surface area contributed by atoms with E-state index in [9.17, 15) is 9.59 Å². The van der Waals surface area contributed by atoms with E-state index in [1.807, 2.05) is 0 Å². The lowest BCUT2D eigenvalue weighted by molar-refractivity contribution is 0.720. The molecule has 3 aromatic rings. The molecular weight excluding hydrogens is 400 g/mol. The quantitative estimate of drug-likeness (QED) is 0.489. The Morgan fingerprint density at radius 1 is 0.893 bits per heavy atom. The van der Waals surface area contributed by atoms with E-state index in [0.717, 1.165) is 9.35 Å². The van der Waals surface area contributed by atoms with Gasteiger partial charge in [0.1, 0.15) is 11.4 Å². The lowest BCUT2D eigenvalue weighted by Crippen LogP contribution is -2.22. The van der Waals surface area contributed by atoms with E-state index in [1.165, 1.54) is 12.4 Å². The Morgan fingerprint density at radius 3 is 1.75 bits per heavy atom. The number of hydrogen-bond donors (Lipinski definition) is 2. The zero-order chi connectivity index (χ0) is 20.3. The third-order valence-electron chi connectivity index (χ3n) is 3.58. The van der Waals surface area contributed by atoms with Gasteiger partial charge >= 0.3 is 0 Å². The minimum atomic E-state index is -0.403. The molecule has 142 valence electrons. The van der Waals surface area contributed by atoms with E-state index < -0.39 is 11.1 Å². The number of aryl methyl sites for hydroxylation is 2. The largest absolute Gasteiger partial charge is 0.296 e. The van der Waals surface area contributed by atoms with Crippen molar-refractivity contribution >= 4 is 36.9 Å². The van der Waals surface area contributed by atoms with Gasteiger partial charge in [0.15, 0.2) is 0 Å². The number of aromatic nitrogens is 6. The van der Waals surface area contributed by atoms with Crippen molar-refractivity contribution in [2.24, 2.45) is 10.2 Å². The van der Waals surface area contributed by atoms with Gasteiger partial charge in [0.05, 0.1) is 12.4 Å². The number of benzene rings is 1. The Kier molecular flexibility index (Phi) is 5.61. The Hall–Kier alpha value is -3.38. The average Bonchev–Trinajstić information content (AvgIpc) is 2.68. The summed E-state index contributed by atoms with van der Waals surface area (Å²) in [5.41, 5.74) is 1.09. The van der Waals surface area contributed by atoms with Crippen molar-refractivity contribution in [3.63, 3.8) is 0 Å². The van der Waals surface area contributed by atoms with Crippen LogP contribution in [-0.2, 0) is 0 Å². The zero-order valence-electron chi connectivity index (χ0n) is 14.8. The van der Waals surface area contributed by atoms with Crippen LogP contribution in [0.4, 0.5) is 0 Å². The molecule has 0 aliphatic carbocycles. The summed E-state index contributed by atoms with van der Waals surface area (Å²) in [5, 5.41) is 20.9. The number of nitrogens with one attached hydrogen (secondary N) is 2. The molecule has 0 unspecified atom stereocenters. The minimum absolute atomic E-state index is 0.0891. The maximum absolute atomic E-state index is 12.1.